The number of nitrogens with zero attached hydrogens (tertiary/aromatic N) is 1. The molecule has 1 amide bonds. The van der Waals surface area contributed by atoms with Crippen molar-refractivity contribution in [3.8, 4) is 0 Å². The molecule has 0 bridgehead atoms. The number of rotatable bonds is 3. The lowest BCUT2D eigenvalue weighted by atomic mass is 9.87. The molecule has 5 nitrogen and oxygen atoms in total. The van der Waals surface area contributed by atoms with Crippen LogP contribution in [-0.2, 0) is 19.8 Å². The fourth-order valence-electron chi connectivity index (χ4n) is 2.98. The van der Waals surface area contributed by atoms with Gasteiger partial charge < -0.3 is 9.47 Å². The lowest BCUT2D eigenvalue weighted by molar-refractivity contribution is -0.156. The van der Waals surface area contributed by atoms with Crippen LogP contribution >= 0.6 is 0 Å². The van der Waals surface area contributed by atoms with Crippen LogP contribution in [-0.4, -0.2) is 35.7 Å². The molecule has 0 saturated carbocycles. The Labute approximate surface area is 137 Å². The first-order chi connectivity index (χ1) is 10.8. The topological polar surface area (TPSA) is 55.8 Å². The van der Waals surface area contributed by atoms with E-state index in [0.29, 0.717) is 13.0 Å². The van der Waals surface area contributed by atoms with Crippen molar-refractivity contribution in [2.75, 3.05) is 13.2 Å². The normalized spacial score (nSPS) is 21.1. The summed E-state index contributed by atoms with van der Waals surface area (Å²) in [6, 6.07) is 9.33. The van der Waals surface area contributed by atoms with Crippen LogP contribution < -0.4 is 0 Å². The van der Waals surface area contributed by atoms with E-state index < -0.39 is 23.2 Å². The predicted octanol–water partition coefficient (Wildman–Crippen LogP) is 3.48. The summed E-state index contributed by atoms with van der Waals surface area (Å²) in [4.78, 5) is 27.0. The van der Waals surface area contributed by atoms with Crippen LogP contribution in [0.3, 0.4) is 0 Å². The minimum atomic E-state index is -1.10. The summed E-state index contributed by atoms with van der Waals surface area (Å²) in [6.07, 6.45) is 0.786. The fourth-order valence-corrected chi connectivity index (χ4v) is 2.98. The molecule has 1 heterocycles. The third-order valence-corrected chi connectivity index (χ3v) is 3.86. The van der Waals surface area contributed by atoms with E-state index in [1.807, 2.05) is 51.1 Å². The Bertz CT molecular complexity index is 564. The first-order valence-electron chi connectivity index (χ1n) is 8.04. The lowest BCUT2D eigenvalue weighted by Crippen LogP contribution is -2.52. The van der Waals surface area contributed by atoms with Gasteiger partial charge in [0.05, 0.1) is 6.61 Å². The van der Waals surface area contributed by atoms with E-state index >= 15 is 0 Å². The number of carbonyl (C=O) groups is 2. The van der Waals surface area contributed by atoms with E-state index in [0.717, 1.165) is 12.0 Å². The Balaban J connectivity index is 2.44. The van der Waals surface area contributed by atoms with Crippen molar-refractivity contribution in [1.82, 2.24) is 4.90 Å². The molecule has 0 spiro atoms. The average molecular weight is 319 g/mol. The summed E-state index contributed by atoms with van der Waals surface area (Å²) in [5.41, 5.74) is -0.946. The summed E-state index contributed by atoms with van der Waals surface area (Å²) in [5, 5.41) is 0. The minimum absolute atomic E-state index is 0.273. The molecule has 23 heavy (non-hydrogen) atoms. The van der Waals surface area contributed by atoms with Gasteiger partial charge in [0.1, 0.15) is 5.60 Å². The Hall–Kier alpha value is -2.04. The SMILES string of the molecule is CCOC(=O)[C@]1(c2ccccc2)CCCN1C(=O)OC(C)(C)C. The maximum absolute atomic E-state index is 12.8. The standard InChI is InChI=1S/C18H25NO4/c1-5-22-15(20)18(14-10-7-6-8-11-14)12-9-13-19(18)16(21)23-17(2,3)4/h6-8,10-11H,5,9,12-13H2,1-4H3/t18-/m1/s1. The van der Waals surface area contributed by atoms with Gasteiger partial charge >= 0.3 is 12.1 Å². The zero-order valence-corrected chi connectivity index (χ0v) is 14.3. The molecule has 1 aromatic carbocycles. The molecule has 0 unspecified atom stereocenters. The molecule has 0 aromatic heterocycles. The maximum atomic E-state index is 12.8. The minimum Gasteiger partial charge on any atom is -0.464 e. The number of likely N-dealkylation sites (tertiary alicyclic amines) is 1. The molecule has 2 rings (SSSR count). The third-order valence-electron chi connectivity index (χ3n) is 3.86. The van der Waals surface area contributed by atoms with Crippen molar-refractivity contribution >= 4 is 12.1 Å². The van der Waals surface area contributed by atoms with Crippen LogP contribution in [0.1, 0.15) is 46.1 Å². The van der Waals surface area contributed by atoms with Crippen LogP contribution in [0.4, 0.5) is 4.79 Å². The molecule has 126 valence electrons. The first-order valence-corrected chi connectivity index (χ1v) is 8.04. The predicted molar refractivity (Wildman–Crippen MR) is 86.9 cm³/mol. The Morgan fingerprint density at radius 1 is 1.22 bits per heavy atom. The molecular weight excluding hydrogens is 294 g/mol. The van der Waals surface area contributed by atoms with Gasteiger partial charge in [-0.15, -0.1) is 0 Å². The van der Waals surface area contributed by atoms with E-state index in [1.54, 1.807) is 6.92 Å². The average Bonchev–Trinajstić information content (AvgIpc) is 2.92. The van der Waals surface area contributed by atoms with Crippen molar-refractivity contribution in [2.24, 2.45) is 0 Å². The van der Waals surface area contributed by atoms with Gasteiger partial charge in [-0.2, -0.15) is 0 Å². The van der Waals surface area contributed by atoms with Gasteiger partial charge in [0.15, 0.2) is 5.54 Å². The van der Waals surface area contributed by atoms with Crippen LogP contribution in [0, 0.1) is 0 Å². The molecule has 1 aliphatic rings. The monoisotopic (exact) mass is 319 g/mol. The second-order valence-corrected chi connectivity index (χ2v) is 6.68. The molecule has 5 heteroatoms. The molecule has 1 fully saturated rings. The number of amides is 1. The van der Waals surface area contributed by atoms with Gasteiger partial charge in [0.25, 0.3) is 0 Å². The Morgan fingerprint density at radius 2 is 1.87 bits per heavy atom. The summed E-state index contributed by atoms with van der Waals surface area (Å²) in [6.45, 7) is 7.96. The van der Waals surface area contributed by atoms with E-state index in [4.69, 9.17) is 9.47 Å². The third kappa shape index (κ3) is 3.49. The molecule has 1 aliphatic heterocycles. The molecule has 1 saturated heterocycles. The number of benzene rings is 1. The highest BCUT2D eigenvalue weighted by molar-refractivity contribution is 5.88. The van der Waals surface area contributed by atoms with Gasteiger partial charge in [0, 0.05) is 6.54 Å². The Morgan fingerprint density at radius 3 is 2.43 bits per heavy atom. The van der Waals surface area contributed by atoms with Crippen molar-refractivity contribution < 1.29 is 19.1 Å². The van der Waals surface area contributed by atoms with Crippen LogP contribution in [0.2, 0.25) is 0 Å². The number of carbonyl (C=O) groups excluding carboxylic acids is 2. The molecular formula is C18H25NO4. The maximum Gasteiger partial charge on any atom is 0.411 e. The summed E-state index contributed by atoms with van der Waals surface area (Å²) < 4.78 is 10.8. The number of esters is 1. The van der Waals surface area contributed by atoms with E-state index in [1.165, 1.54) is 4.90 Å². The van der Waals surface area contributed by atoms with Gasteiger partial charge in [-0.25, -0.2) is 9.59 Å². The summed E-state index contributed by atoms with van der Waals surface area (Å²) >= 11 is 0. The summed E-state index contributed by atoms with van der Waals surface area (Å²) in [7, 11) is 0. The van der Waals surface area contributed by atoms with E-state index in [2.05, 4.69) is 0 Å². The van der Waals surface area contributed by atoms with Gasteiger partial charge in [-0.1, -0.05) is 30.3 Å². The van der Waals surface area contributed by atoms with Crippen LogP contribution in [0.15, 0.2) is 30.3 Å². The molecule has 1 atom stereocenters. The second-order valence-electron chi connectivity index (χ2n) is 6.68. The number of hydrogen-bond donors (Lipinski definition) is 0. The second kappa shape index (κ2) is 6.60. The highest BCUT2D eigenvalue weighted by Gasteiger charge is 2.53. The highest BCUT2D eigenvalue weighted by atomic mass is 16.6. The quantitative estimate of drug-likeness (QED) is 0.800. The van der Waals surface area contributed by atoms with Crippen molar-refractivity contribution in [1.29, 1.82) is 0 Å². The van der Waals surface area contributed by atoms with Crippen molar-refractivity contribution in [3.05, 3.63) is 35.9 Å². The molecule has 0 N–H and O–H groups in total. The lowest BCUT2D eigenvalue weighted by Gasteiger charge is -2.37. The van der Waals surface area contributed by atoms with Crippen LogP contribution in [0.25, 0.3) is 0 Å². The molecule has 0 aliphatic carbocycles. The Kier molecular flexibility index (Phi) is 4.97. The number of hydrogen-bond acceptors (Lipinski definition) is 4. The summed E-state index contributed by atoms with van der Waals surface area (Å²) in [5.74, 6) is -0.394. The van der Waals surface area contributed by atoms with Crippen LogP contribution in [0.5, 0.6) is 0 Å². The van der Waals surface area contributed by atoms with E-state index in [-0.39, 0.29) is 6.61 Å². The van der Waals surface area contributed by atoms with Gasteiger partial charge in [-0.05, 0) is 46.1 Å². The molecule has 0 radical (unpaired) electrons. The number of ether oxygens (including phenoxy) is 2. The largest absolute Gasteiger partial charge is 0.464 e. The zero-order valence-electron chi connectivity index (χ0n) is 14.3. The van der Waals surface area contributed by atoms with Crippen molar-refractivity contribution in [2.45, 2.75) is 51.7 Å². The fraction of sp³-hybridized carbons (Fsp3) is 0.556. The molecule has 1 aromatic rings. The van der Waals surface area contributed by atoms with Gasteiger partial charge in [0.2, 0.25) is 0 Å². The zero-order chi connectivity index (χ0) is 17.1. The van der Waals surface area contributed by atoms with Gasteiger partial charge in [-0.3, -0.25) is 4.90 Å². The smallest absolute Gasteiger partial charge is 0.411 e. The first kappa shape index (κ1) is 17.3. The van der Waals surface area contributed by atoms with Crippen molar-refractivity contribution in [3.63, 3.8) is 0 Å². The van der Waals surface area contributed by atoms with E-state index in [9.17, 15) is 9.59 Å². The highest BCUT2D eigenvalue weighted by Crippen LogP contribution is 2.41.